The van der Waals surface area contributed by atoms with E-state index in [1.54, 1.807) is 0 Å². The Morgan fingerprint density at radius 2 is 2.00 bits per heavy atom. The van der Waals surface area contributed by atoms with Crippen LogP contribution in [0, 0.1) is 12.8 Å². The van der Waals surface area contributed by atoms with Gasteiger partial charge in [-0.15, -0.1) is 0 Å². The Hall–Kier alpha value is -1.36. The fourth-order valence-corrected chi connectivity index (χ4v) is 2.68. The molecule has 0 bridgehead atoms. The van der Waals surface area contributed by atoms with Gasteiger partial charge in [0.25, 0.3) is 0 Å². The van der Waals surface area contributed by atoms with Crippen molar-refractivity contribution in [2.75, 3.05) is 37.4 Å². The van der Waals surface area contributed by atoms with E-state index >= 15 is 0 Å². The highest BCUT2D eigenvalue weighted by Crippen LogP contribution is 2.39. The van der Waals surface area contributed by atoms with Crippen LogP contribution >= 0.6 is 0 Å². The van der Waals surface area contributed by atoms with E-state index in [4.69, 9.17) is 9.72 Å². The molecule has 1 aromatic heterocycles. The van der Waals surface area contributed by atoms with E-state index < -0.39 is 0 Å². The molecule has 2 heterocycles. The predicted octanol–water partition coefficient (Wildman–Crippen LogP) is 2.54. The monoisotopic (exact) mass is 276 g/mol. The third-order valence-corrected chi connectivity index (χ3v) is 4.16. The van der Waals surface area contributed by atoms with Crippen LogP contribution in [-0.4, -0.2) is 36.8 Å². The van der Waals surface area contributed by atoms with Gasteiger partial charge < -0.3 is 15.4 Å². The Kier molecular flexibility index (Phi) is 4.05. The lowest BCUT2D eigenvalue weighted by molar-refractivity contribution is 0.0595. The molecule has 1 saturated heterocycles. The smallest absolute Gasteiger partial charge is 0.136 e. The molecule has 0 amide bonds. The molecule has 2 aliphatic rings. The van der Waals surface area contributed by atoms with Gasteiger partial charge >= 0.3 is 0 Å². The van der Waals surface area contributed by atoms with E-state index in [0.717, 1.165) is 42.8 Å². The van der Waals surface area contributed by atoms with Crippen LogP contribution in [0.15, 0.2) is 0 Å². The van der Waals surface area contributed by atoms with Crippen molar-refractivity contribution in [3.05, 3.63) is 11.4 Å². The molecule has 5 heteroatoms. The molecular weight excluding hydrogens is 252 g/mol. The predicted molar refractivity (Wildman–Crippen MR) is 80.3 cm³/mol. The summed E-state index contributed by atoms with van der Waals surface area (Å²) < 4.78 is 5.53. The van der Waals surface area contributed by atoms with Crippen molar-refractivity contribution in [3.8, 4) is 0 Å². The summed E-state index contributed by atoms with van der Waals surface area (Å²) in [6.07, 6.45) is 4.86. The Balaban J connectivity index is 1.71. The van der Waals surface area contributed by atoms with E-state index in [1.807, 2.05) is 7.05 Å². The van der Waals surface area contributed by atoms with Gasteiger partial charge in [-0.1, -0.05) is 0 Å². The average molecular weight is 276 g/mol. The van der Waals surface area contributed by atoms with E-state index in [2.05, 4.69) is 22.5 Å². The minimum Gasteiger partial charge on any atom is -0.381 e. The first-order valence-electron chi connectivity index (χ1n) is 7.66. The zero-order chi connectivity index (χ0) is 13.9. The van der Waals surface area contributed by atoms with E-state index in [0.29, 0.717) is 11.8 Å². The summed E-state index contributed by atoms with van der Waals surface area (Å²) in [6, 6.07) is 0. The number of aromatic nitrogens is 2. The lowest BCUT2D eigenvalue weighted by atomic mass is 10.0. The Morgan fingerprint density at radius 3 is 2.65 bits per heavy atom. The molecule has 0 radical (unpaired) electrons. The molecule has 20 heavy (non-hydrogen) atoms. The van der Waals surface area contributed by atoms with Crippen LogP contribution in [-0.2, 0) is 4.74 Å². The highest BCUT2D eigenvalue weighted by Gasteiger charge is 2.28. The summed E-state index contributed by atoms with van der Waals surface area (Å²) in [4.78, 5) is 9.35. The molecule has 2 fully saturated rings. The normalized spacial score (nSPS) is 22.6. The van der Waals surface area contributed by atoms with Crippen molar-refractivity contribution < 1.29 is 4.74 Å². The third kappa shape index (κ3) is 3.03. The minimum absolute atomic E-state index is 0.571. The number of hydrogen-bond donors (Lipinski definition) is 2. The summed E-state index contributed by atoms with van der Waals surface area (Å²) in [7, 11) is 1.92. The first-order chi connectivity index (χ1) is 9.78. The summed E-state index contributed by atoms with van der Waals surface area (Å²) in [5.74, 6) is 4.09. The van der Waals surface area contributed by atoms with Gasteiger partial charge in [0.1, 0.15) is 17.5 Å². The van der Waals surface area contributed by atoms with Gasteiger partial charge in [-0.2, -0.15) is 0 Å². The van der Waals surface area contributed by atoms with Gasteiger partial charge in [-0.05, 0) is 38.5 Å². The molecule has 1 aliphatic carbocycles. The molecule has 1 saturated carbocycles. The lowest BCUT2D eigenvalue weighted by Gasteiger charge is -2.23. The number of hydrogen-bond acceptors (Lipinski definition) is 5. The molecule has 1 aromatic rings. The molecule has 5 nitrogen and oxygen atoms in total. The fraction of sp³-hybridized carbons (Fsp3) is 0.733. The van der Waals surface area contributed by atoms with Crippen molar-refractivity contribution in [1.29, 1.82) is 0 Å². The molecule has 1 aliphatic heterocycles. The SMILES string of the molecule is CNc1nc(C2CC2)nc(NCC2CCCOC2)c1C. The Morgan fingerprint density at radius 1 is 1.20 bits per heavy atom. The molecular formula is C15H24N4O. The number of ether oxygens (including phenoxy) is 1. The second-order valence-corrected chi connectivity index (χ2v) is 5.89. The van der Waals surface area contributed by atoms with Gasteiger partial charge in [0.05, 0.1) is 6.61 Å². The molecule has 3 rings (SSSR count). The van der Waals surface area contributed by atoms with Crippen molar-refractivity contribution in [1.82, 2.24) is 9.97 Å². The second kappa shape index (κ2) is 5.95. The van der Waals surface area contributed by atoms with Crippen LogP contribution in [0.3, 0.4) is 0 Å². The highest BCUT2D eigenvalue weighted by atomic mass is 16.5. The maximum Gasteiger partial charge on any atom is 0.136 e. The number of rotatable bonds is 5. The number of anilines is 2. The third-order valence-electron chi connectivity index (χ3n) is 4.16. The van der Waals surface area contributed by atoms with Gasteiger partial charge in [0.2, 0.25) is 0 Å². The maximum absolute atomic E-state index is 5.53. The summed E-state index contributed by atoms with van der Waals surface area (Å²) in [6.45, 7) is 4.79. The van der Waals surface area contributed by atoms with Crippen molar-refractivity contribution in [2.45, 2.75) is 38.5 Å². The highest BCUT2D eigenvalue weighted by molar-refractivity contribution is 5.57. The molecule has 110 valence electrons. The molecule has 0 spiro atoms. The van der Waals surface area contributed by atoms with Crippen LogP contribution in [0.25, 0.3) is 0 Å². The first kappa shape index (κ1) is 13.6. The zero-order valence-electron chi connectivity index (χ0n) is 12.4. The zero-order valence-corrected chi connectivity index (χ0v) is 12.4. The Labute approximate surface area is 120 Å². The van der Waals surface area contributed by atoms with E-state index in [9.17, 15) is 0 Å². The molecule has 2 N–H and O–H groups in total. The Bertz CT molecular complexity index is 467. The van der Waals surface area contributed by atoms with Crippen LogP contribution in [0.2, 0.25) is 0 Å². The molecule has 1 atom stereocenters. The van der Waals surface area contributed by atoms with Crippen LogP contribution < -0.4 is 10.6 Å². The minimum atomic E-state index is 0.571. The molecule has 0 aromatic carbocycles. The van der Waals surface area contributed by atoms with Crippen molar-refractivity contribution >= 4 is 11.6 Å². The van der Waals surface area contributed by atoms with Gasteiger partial charge in [-0.3, -0.25) is 0 Å². The van der Waals surface area contributed by atoms with Crippen molar-refractivity contribution in [2.24, 2.45) is 5.92 Å². The van der Waals surface area contributed by atoms with Crippen LogP contribution in [0.1, 0.15) is 43.0 Å². The first-order valence-corrected chi connectivity index (χ1v) is 7.66. The van der Waals surface area contributed by atoms with Crippen LogP contribution in [0.5, 0.6) is 0 Å². The lowest BCUT2D eigenvalue weighted by Crippen LogP contribution is -2.25. The quantitative estimate of drug-likeness (QED) is 0.865. The largest absolute Gasteiger partial charge is 0.381 e. The number of nitrogens with one attached hydrogen (secondary N) is 2. The number of nitrogens with zero attached hydrogens (tertiary/aromatic N) is 2. The molecule has 1 unspecified atom stereocenters. The maximum atomic E-state index is 5.53. The average Bonchev–Trinajstić information content (AvgIpc) is 3.32. The fourth-order valence-electron chi connectivity index (χ4n) is 2.68. The van der Waals surface area contributed by atoms with Gasteiger partial charge in [0, 0.05) is 31.7 Å². The van der Waals surface area contributed by atoms with Crippen LogP contribution in [0.4, 0.5) is 11.6 Å². The summed E-state index contributed by atoms with van der Waals surface area (Å²) in [5, 5.41) is 6.69. The van der Waals surface area contributed by atoms with E-state index in [1.165, 1.54) is 25.7 Å². The van der Waals surface area contributed by atoms with Gasteiger partial charge in [-0.25, -0.2) is 9.97 Å². The summed E-state index contributed by atoms with van der Waals surface area (Å²) in [5.41, 5.74) is 1.11. The topological polar surface area (TPSA) is 59.1 Å². The second-order valence-electron chi connectivity index (χ2n) is 5.89. The van der Waals surface area contributed by atoms with E-state index in [-0.39, 0.29) is 0 Å². The van der Waals surface area contributed by atoms with Crippen molar-refractivity contribution in [3.63, 3.8) is 0 Å². The van der Waals surface area contributed by atoms with Gasteiger partial charge in [0.15, 0.2) is 0 Å². The summed E-state index contributed by atoms with van der Waals surface area (Å²) >= 11 is 0. The standard InChI is InChI=1S/C15H24N4O/c1-10-13(16-2)18-15(12-5-6-12)19-14(10)17-8-11-4-3-7-20-9-11/h11-12H,3-9H2,1-2H3,(H2,16,17,18,19).